The van der Waals surface area contributed by atoms with Gasteiger partial charge in [-0.15, -0.1) is 0 Å². The maximum absolute atomic E-state index is 13.6. The first-order valence-corrected chi connectivity index (χ1v) is 14.7. The minimum atomic E-state index is -0.0936. The quantitative estimate of drug-likeness (QED) is 0.322. The van der Waals surface area contributed by atoms with Crippen molar-refractivity contribution in [1.29, 1.82) is 0 Å². The molecule has 1 N–H and O–H groups in total. The molecule has 2 bridgehead atoms. The summed E-state index contributed by atoms with van der Waals surface area (Å²) in [5.41, 5.74) is 7.17. The van der Waals surface area contributed by atoms with E-state index in [-0.39, 0.29) is 23.3 Å². The summed E-state index contributed by atoms with van der Waals surface area (Å²) in [4.78, 5) is 27.0. The zero-order valence-electron chi connectivity index (χ0n) is 23.6. The molecule has 2 aliphatic heterocycles. The largest absolute Gasteiger partial charge is 0.488 e. The predicted molar refractivity (Wildman–Crippen MR) is 159 cm³/mol. The smallest absolute Gasteiger partial charge is 0.255 e. The molecule has 1 fully saturated rings. The lowest BCUT2D eigenvalue weighted by atomic mass is 9.52. The monoisotopic (exact) mass is 548 g/mol. The fourth-order valence-corrected chi connectivity index (χ4v) is 7.92. The summed E-state index contributed by atoms with van der Waals surface area (Å²) in [7, 11) is 3.99. The summed E-state index contributed by atoms with van der Waals surface area (Å²) in [6, 6.07) is 20.5. The summed E-state index contributed by atoms with van der Waals surface area (Å²) < 4.78 is 12.4. The third kappa shape index (κ3) is 4.15. The highest BCUT2D eigenvalue weighted by Crippen LogP contribution is 2.62. The molecular weight excluding hydrogens is 512 g/mol. The van der Waals surface area contributed by atoms with Crippen molar-refractivity contribution in [3.63, 3.8) is 0 Å². The van der Waals surface area contributed by atoms with E-state index in [1.807, 2.05) is 30.3 Å². The number of piperidine rings is 1. The molecule has 6 heteroatoms. The van der Waals surface area contributed by atoms with Gasteiger partial charge >= 0.3 is 0 Å². The zero-order valence-corrected chi connectivity index (χ0v) is 23.6. The first kappa shape index (κ1) is 26.2. The molecule has 1 saturated heterocycles. The lowest BCUT2D eigenvalue weighted by Crippen LogP contribution is -2.64. The van der Waals surface area contributed by atoms with Crippen molar-refractivity contribution in [3.05, 3.63) is 101 Å². The van der Waals surface area contributed by atoms with Crippen LogP contribution >= 0.6 is 0 Å². The Bertz CT molecular complexity index is 1510. The van der Waals surface area contributed by atoms with Crippen LogP contribution in [0.15, 0.2) is 72.8 Å². The van der Waals surface area contributed by atoms with Gasteiger partial charge in [0.05, 0.1) is 12.2 Å². The summed E-state index contributed by atoms with van der Waals surface area (Å²) >= 11 is 0. The number of hydrogen-bond acceptors (Lipinski definition) is 5. The molecule has 2 heterocycles. The van der Waals surface area contributed by atoms with Gasteiger partial charge in [-0.25, -0.2) is 0 Å². The van der Waals surface area contributed by atoms with E-state index in [0.717, 1.165) is 54.5 Å². The Kier molecular flexibility index (Phi) is 6.56. The second-order valence-corrected chi connectivity index (χ2v) is 12.0. The minimum Gasteiger partial charge on any atom is -0.488 e. The molecule has 2 aliphatic carbocycles. The van der Waals surface area contributed by atoms with Crippen LogP contribution in [0.2, 0.25) is 0 Å². The van der Waals surface area contributed by atoms with E-state index in [1.165, 1.54) is 11.1 Å². The van der Waals surface area contributed by atoms with Crippen molar-refractivity contribution in [2.24, 2.45) is 11.8 Å². The van der Waals surface area contributed by atoms with Crippen molar-refractivity contribution in [1.82, 2.24) is 10.2 Å². The molecule has 7 rings (SSSR count). The van der Waals surface area contributed by atoms with E-state index < -0.39 is 0 Å². The molecule has 1 amide bonds. The van der Waals surface area contributed by atoms with Gasteiger partial charge in [0.15, 0.2) is 0 Å². The first-order valence-electron chi connectivity index (χ1n) is 14.7. The van der Waals surface area contributed by atoms with Crippen LogP contribution in [-0.2, 0) is 23.0 Å². The lowest BCUT2D eigenvalue weighted by Gasteiger charge is -2.57. The Balaban J connectivity index is 1.09. The normalized spacial score (nSPS) is 27.2. The van der Waals surface area contributed by atoms with E-state index in [4.69, 9.17) is 9.47 Å². The average molecular weight is 549 g/mol. The molecule has 5 unspecified atom stereocenters. The van der Waals surface area contributed by atoms with Gasteiger partial charge in [-0.1, -0.05) is 66.7 Å². The van der Waals surface area contributed by atoms with Crippen molar-refractivity contribution < 1.29 is 19.1 Å². The van der Waals surface area contributed by atoms with E-state index in [9.17, 15) is 9.59 Å². The number of nitrogens with one attached hydrogen (secondary N) is 1. The lowest BCUT2D eigenvalue weighted by molar-refractivity contribution is -0.0308. The number of likely N-dealkylation sites (N-methyl/N-ethyl adjacent to an activating group) is 1. The molecule has 3 aromatic rings. The molecule has 4 aliphatic rings. The summed E-state index contributed by atoms with van der Waals surface area (Å²) in [5.74, 6) is 1.28. The van der Waals surface area contributed by atoms with Crippen molar-refractivity contribution in [2.75, 3.05) is 33.9 Å². The number of amides is 1. The van der Waals surface area contributed by atoms with E-state index in [1.54, 1.807) is 7.11 Å². The van der Waals surface area contributed by atoms with Crippen LogP contribution in [0.3, 0.4) is 0 Å². The maximum atomic E-state index is 13.6. The van der Waals surface area contributed by atoms with Gasteiger partial charge in [0, 0.05) is 48.1 Å². The van der Waals surface area contributed by atoms with Gasteiger partial charge < -0.3 is 19.7 Å². The molecule has 0 aromatic heterocycles. The second-order valence-electron chi connectivity index (χ2n) is 12.0. The number of ether oxygens (including phenoxy) is 2. The topological polar surface area (TPSA) is 67.9 Å². The standard InChI is InChI=1S/C35H36N2O4/c1-37-18-16-35-29-14-12-27(21-40-2)33(35)41-32-28(13-11-26(31(32)35)19-30(29)37)34(39)36-17-15-22-3-7-24(8-4-22)25-9-5-23(20-38)6-10-25/h3-14,20,27,29-30,33H,15-19,21H2,1-2H3,(H,36,39). The molecular formula is C35H36N2O4. The average Bonchev–Trinajstić information content (AvgIpc) is 3.35. The Morgan fingerprint density at radius 2 is 1.83 bits per heavy atom. The molecule has 0 radical (unpaired) electrons. The minimum absolute atomic E-state index is 0.00944. The fraction of sp³-hybridized carbons (Fsp3) is 0.371. The van der Waals surface area contributed by atoms with Crippen molar-refractivity contribution >= 4 is 12.2 Å². The number of rotatable bonds is 8. The summed E-state index contributed by atoms with van der Waals surface area (Å²) in [6.07, 6.45) is 8.31. The Morgan fingerprint density at radius 1 is 1.07 bits per heavy atom. The van der Waals surface area contributed by atoms with E-state index in [0.29, 0.717) is 36.2 Å². The Morgan fingerprint density at radius 3 is 2.56 bits per heavy atom. The van der Waals surface area contributed by atoms with Gasteiger partial charge in [0.25, 0.3) is 5.91 Å². The van der Waals surface area contributed by atoms with Gasteiger partial charge in [-0.05, 0) is 61.2 Å². The van der Waals surface area contributed by atoms with Gasteiger partial charge in [-0.2, -0.15) is 0 Å². The number of carbonyl (C=O) groups excluding carboxylic acids is 2. The van der Waals surface area contributed by atoms with Crippen LogP contribution in [0.25, 0.3) is 11.1 Å². The first-order chi connectivity index (χ1) is 20.0. The highest BCUT2D eigenvalue weighted by atomic mass is 16.5. The fourth-order valence-electron chi connectivity index (χ4n) is 7.92. The van der Waals surface area contributed by atoms with Gasteiger partial charge in [0.1, 0.15) is 18.1 Å². The second kappa shape index (κ2) is 10.3. The number of hydrogen-bond donors (Lipinski definition) is 1. The zero-order chi connectivity index (χ0) is 28.1. The number of benzene rings is 3. The number of methoxy groups -OCH3 is 1. The van der Waals surface area contributed by atoms with Crippen LogP contribution in [0.1, 0.15) is 43.8 Å². The maximum Gasteiger partial charge on any atom is 0.255 e. The Labute approximate surface area is 241 Å². The number of likely N-dealkylation sites (tertiary alicyclic amines) is 1. The molecule has 41 heavy (non-hydrogen) atoms. The molecule has 1 spiro atoms. The number of nitrogens with zero attached hydrogens (tertiary/aromatic N) is 1. The third-order valence-electron chi connectivity index (χ3n) is 9.94. The van der Waals surface area contributed by atoms with E-state index in [2.05, 4.69) is 59.7 Å². The molecule has 5 atom stereocenters. The molecule has 0 saturated carbocycles. The van der Waals surface area contributed by atoms with Crippen LogP contribution in [-0.4, -0.2) is 63.1 Å². The van der Waals surface area contributed by atoms with Crippen molar-refractivity contribution in [3.8, 4) is 16.9 Å². The third-order valence-corrected chi connectivity index (χ3v) is 9.94. The molecule has 6 nitrogen and oxygen atoms in total. The van der Waals surface area contributed by atoms with Crippen LogP contribution in [0.4, 0.5) is 0 Å². The van der Waals surface area contributed by atoms with Crippen LogP contribution in [0, 0.1) is 11.8 Å². The van der Waals surface area contributed by atoms with Gasteiger partial charge in [0.2, 0.25) is 0 Å². The van der Waals surface area contributed by atoms with Crippen LogP contribution < -0.4 is 10.1 Å². The SMILES string of the molecule is COCC1C=CC2C3Cc4ccc(C(=O)NCCc5ccc(-c6ccc(C=O)cc6)cc5)c5c4C2(CCN3C)C1O5. The Hall–Kier alpha value is -3.74. The number of carbonyl (C=O) groups is 2. The predicted octanol–water partition coefficient (Wildman–Crippen LogP) is 4.85. The highest BCUT2D eigenvalue weighted by Gasteiger charge is 2.64. The van der Waals surface area contributed by atoms with Crippen LogP contribution in [0.5, 0.6) is 5.75 Å². The molecule has 3 aromatic carbocycles. The molecule has 210 valence electrons. The highest BCUT2D eigenvalue weighted by molar-refractivity contribution is 5.98. The van der Waals surface area contributed by atoms with Crippen molar-refractivity contribution in [2.45, 2.75) is 36.8 Å². The van der Waals surface area contributed by atoms with E-state index >= 15 is 0 Å². The summed E-state index contributed by atoms with van der Waals surface area (Å²) in [5, 5.41) is 3.16. The summed E-state index contributed by atoms with van der Waals surface area (Å²) in [6.45, 7) is 2.19. The van der Waals surface area contributed by atoms with Gasteiger partial charge in [-0.3, -0.25) is 9.59 Å². The number of aldehydes is 1.